The zero-order valence-corrected chi connectivity index (χ0v) is 17.4. The van der Waals surface area contributed by atoms with Crippen molar-refractivity contribution in [2.24, 2.45) is 0 Å². The molecule has 0 aliphatic heterocycles. The molecule has 0 saturated heterocycles. The van der Waals surface area contributed by atoms with Crippen LogP contribution in [0.1, 0.15) is 25.0 Å². The van der Waals surface area contributed by atoms with Gasteiger partial charge in [0.1, 0.15) is 11.2 Å². The Labute approximate surface area is 180 Å². The first-order chi connectivity index (χ1) is 15.0. The highest BCUT2D eigenvalue weighted by atomic mass is 16.4. The summed E-state index contributed by atoms with van der Waals surface area (Å²) in [4.78, 5) is 0. The summed E-state index contributed by atoms with van der Waals surface area (Å²) < 4.78 is 5.99. The first-order valence-electron chi connectivity index (χ1n) is 10.5. The molecule has 0 bridgehead atoms. The molecule has 31 heavy (non-hydrogen) atoms. The number of furan rings is 1. The van der Waals surface area contributed by atoms with E-state index in [4.69, 9.17) is 4.42 Å². The molecule has 6 rings (SSSR count). The fourth-order valence-electron chi connectivity index (χ4n) is 5.23. The minimum atomic E-state index is -1.55. The van der Waals surface area contributed by atoms with Crippen LogP contribution in [0.3, 0.4) is 0 Å². The van der Waals surface area contributed by atoms with Crippen molar-refractivity contribution in [3.63, 3.8) is 0 Å². The standard InChI is InChI=1S/C27H21BO3/c1-27(2)20-9-4-3-7-18(20)25-17(8-5-10-21(25)27)16-13-14-23-19(15-16)26-22(28(29)30)11-6-12-24(26)31-23/h3-15,29-30H,1-2H3. The van der Waals surface area contributed by atoms with Crippen molar-refractivity contribution in [3.8, 4) is 22.3 Å². The lowest BCUT2D eigenvalue weighted by atomic mass is 9.77. The van der Waals surface area contributed by atoms with E-state index in [2.05, 4.69) is 68.4 Å². The van der Waals surface area contributed by atoms with E-state index in [9.17, 15) is 10.0 Å². The van der Waals surface area contributed by atoms with Crippen molar-refractivity contribution in [1.82, 2.24) is 0 Å². The van der Waals surface area contributed by atoms with E-state index < -0.39 is 7.12 Å². The van der Waals surface area contributed by atoms with Crippen LogP contribution in [0.15, 0.2) is 83.3 Å². The monoisotopic (exact) mass is 404 g/mol. The second-order valence-corrected chi connectivity index (χ2v) is 8.81. The molecule has 3 nitrogen and oxygen atoms in total. The molecule has 1 aromatic heterocycles. The summed E-state index contributed by atoms with van der Waals surface area (Å²) in [6, 6.07) is 26.7. The second kappa shape index (κ2) is 6.33. The third-order valence-corrected chi connectivity index (χ3v) is 6.72. The molecule has 0 atom stereocenters. The van der Waals surface area contributed by atoms with E-state index in [0.29, 0.717) is 11.0 Å². The molecular weight excluding hydrogens is 383 g/mol. The third-order valence-electron chi connectivity index (χ3n) is 6.72. The molecule has 1 aliphatic carbocycles. The Morgan fingerprint density at radius 2 is 1.48 bits per heavy atom. The number of hydrogen-bond donors (Lipinski definition) is 2. The molecule has 4 heteroatoms. The smallest absolute Gasteiger partial charge is 0.456 e. The molecule has 0 spiro atoms. The number of hydrogen-bond acceptors (Lipinski definition) is 3. The van der Waals surface area contributed by atoms with Gasteiger partial charge in [-0.2, -0.15) is 0 Å². The summed E-state index contributed by atoms with van der Waals surface area (Å²) in [5.41, 5.74) is 9.28. The topological polar surface area (TPSA) is 53.6 Å². The number of rotatable bonds is 2. The van der Waals surface area contributed by atoms with Gasteiger partial charge in [0.2, 0.25) is 0 Å². The first kappa shape index (κ1) is 18.4. The Balaban J connectivity index is 1.66. The van der Waals surface area contributed by atoms with Gasteiger partial charge in [0.15, 0.2) is 0 Å². The van der Waals surface area contributed by atoms with Crippen molar-refractivity contribution < 1.29 is 14.5 Å². The molecule has 2 N–H and O–H groups in total. The Kier molecular flexibility index (Phi) is 3.77. The van der Waals surface area contributed by atoms with Crippen LogP contribution in [0.5, 0.6) is 0 Å². The van der Waals surface area contributed by atoms with Crippen LogP contribution in [-0.4, -0.2) is 17.2 Å². The maximum absolute atomic E-state index is 9.89. The molecular formula is C27H21BO3. The minimum Gasteiger partial charge on any atom is -0.456 e. The molecule has 1 heterocycles. The van der Waals surface area contributed by atoms with Crippen molar-refractivity contribution >= 4 is 34.5 Å². The van der Waals surface area contributed by atoms with E-state index in [-0.39, 0.29) is 5.41 Å². The molecule has 1 aliphatic rings. The lowest BCUT2D eigenvalue weighted by Crippen LogP contribution is -2.30. The fraction of sp³-hybridized carbons (Fsp3) is 0.111. The molecule has 0 unspecified atom stereocenters. The van der Waals surface area contributed by atoms with Crippen LogP contribution in [0.2, 0.25) is 0 Å². The summed E-state index contributed by atoms with van der Waals surface area (Å²) in [7, 11) is -1.55. The van der Waals surface area contributed by atoms with Gasteiger partial charge in [-0.05, 0) is 57.0 Å². The van der Waals surface area contributed by atoms with Crippen LogP contribution in [0.25, 0.3) is 44.2 Å². The van der Waals surface area contributed by atoms with Gasteiger partial charge >= 0.3 is 7.12 Å². The van der Waals surface area contributed by atoms with Crippen LogP contribution in [0, 0.1) is 0 Å². The predicted octanol–water partition coefficient (Wildman–Crippen LogP) is 5.24. The van der Waals surface area contributed by atoms with Gasteiger partial charge in [0.25, 0.3) is 0 Å². The largest absolute Gasteiger partial charge is 0.489 e. The van der Waals surface area contributed by atoms with Crippen molar-refractivity contribution in [3.05, 3.63) is 90.0 Å². The molecule has 4 aromatic carbocycles. The predicted molar refractivity (Wildman–Crippen MR) is 127 cm³/mol. The van der Waals surface area contributed by atoms with Crippen LogP contribution in [0.4, 0.5) is 0 Å². The van der Waals surface area contributed by atoms with Gasteiger partial charge < -0.3 is 14.5 Å². The maximum atomic E-state index is 9.89. The van der Waals surface area contributed by atoms with Gasteiger partial charge in [0.05, 0.1) is 0 Å². The Morgan fingerprint density at radius 3 is 2.32 bits per heavy atom. The van der Waals surface area contributed by atoms with E-state index in [1.165, 1.54) is 27.8 Å². The summed E-state index contributed by atoms with van der Waals surface area (Å²) in [6.07, 6.45) is 0. The summed E-state index contributed by atoms with van der Waals surface area (Å²) in [6.45, 7) is 4.56. The van der Waals surface area contributed by atoms with Gasteiger partial charge in [0, 0.05) is 16.2 Å². The zero-order valence-electron chi connectivity index (χ0n) is 17.4. The van der Waals surface area contributed by atoms with Crippen molar-refractivity contribution in [2.45, 2.75) is 19.3 Å². The Hall–Kier alpha value is -3.34. The summed E-state index contributed by atoms with van der Waals surface area (Å²) in [5, 5.41) is 21.4. The molecule has 0 amide bonds. The van der Waals surface area contributed by atoms with Crippen molar-refractivity contribution in [2.75, 3.05) is 0 Å². The summed E-state index contributed by atoms with van der Waals surface area (Å²) in [5.74, 6) is 0. The van der Waals surface area contributed by atoms with Gasteiger partial charge in [-0.1, -0.05) is 74.5 Å². The lowest BCUT2D eigenvalue weighted by molar-refractivity contribution is 0.426. The number of fused-ring (bicyclic) bond motifs is 6. The van der Waals surface area contributed by atoms with Crippen LogP contribution in [-0.2, 0) is 5.41 Å². The highest BCUT2D eigenvalue weighted by Gasteiger charge is 2.36. The second-order valence-electron chi connectivity index (χ2n) is 8.81. The number of benzene rings is 4. The molecule has 0 saturated carbocycles. The van der Waals surface area contributed by atoms with Crippen LogP contribution < -0.4 is 5.46 Å². The highest BCUT2D eigenvalue weighted by Crippen LogP contribution is 2.52. The Morgan fingerprint density at radius 1 is 0.742 bits per heavy atom. The fourth-order valence-corrected chi connectivity index (χ4v) is 5.23. The SMILES string of the molecule is CC1(C)c2ccccc2-c2c(-c3ccc4oc5cccc(B(O)O)c5c4c3)cccc21. The first-order valence-corrected chi connectivity index (χ1v) is 10.5. The lowest BCUT2D eigenvalue weighted by Gasteiger charge is -2.21. The summed E-state index contributed by atoms with van der Waals surface area (Å²) >= 11 is 0. The van der Waals surface area contributed by atoms with E-state index in [0.717, 1.165) is 21.9 Å². The van der Waals surface area contributed by atoms with Crippen LogP contribution >= 0.6 is 0 Å². The van der Waals surface area contributed by atoms with Gasteiger partial charge in [-0.25, -0.2) is 0 Å². The van der Waals surface area contributed by atoms with E-state index in [1.54, 1.807) is 12.1 Å². The highest BCUT2D eigenvalue weighted by molar-refractivity contribution is 6.62. The third kappa shape index (κ3) is 2.49. The molecule has 0 fully saturated rings. The molecule has 0 radical (unpaired) electrons. The average Bonchev–Trinajstić information content (AvgIpc) is 3.26. The zero-order chi connectivity index (χ0) is 21.3. The maximum Gasteiger partial charge on any atom is 0.489 e. The minimum absolute atomic E-state index is 0.0530. The molecule has 150 valence electrons. The average molecular weight is 404 g/mol. The normalized spacial score (nSPS) is 14.1. The van der Waals surface area contributed by atoms with Gasteiger partial charge in [-0.15, -0.1) is 0 Å². The Bertz CT molecular complexity index is 1490. The molecule has 5 aromatic rings. The van der Waals surface area contributed by atoms with E-state index in [1.807, 2.05) is 12.1 Å². The quantitative estimate of drug-likeness (QED) is 0.396. The van der Waals surface area contributed by atoms with Gasteiger partial charge in [-0.3, -0.25) is 0 Å². The van der Waals surface area contributed by atoms with Crippen molar-refractivity contribution in [1.29, 1.82) is 0 Å². The van der Waals surface area contributed by atoms with E-state index >= 15 is 0 Å².